The summed E-state index contributed by atoms with van der Waals surface area (Å²) in [6.45, 7) is 0. The molecule has 0 heterocycles. The fourth-order valence-electron chi connectivity index (χ4n) is 6.84. The van der Waals surface area contributed by atoms with Gasteiger partial charge in [0.25, 0.3) is 0 Å². The summed E-state index contributed by atoms with van der Waals surface area (Å²) in [5.41, 5.74) is -28.9. The van der Waals surface area contributed by atoms with Gasteiger partial charge in [0.05, 0.1) is 58.6 Å². The molecule has 27 heteroatoms. The van der Waals surface area contributed by atoms with Crippen LogP contribution in [0.25, 0.3) is 0 Å². The van der Waals surface area contributed by atoms with Gasteiger partial charge in [-0.3, -0.25) is 0 Å². The van der Waals surface area contributed by atoms with Crippen LogP contribution in [-0.2, 0) is 49.4 Å². The Morgan fingerprint density at radius 1 is 0.284 bits per heavy atom. The molecule has 0 aromatic heterocycles. The topological polar surface area (TPSA) is 4.44 Å². The normalized spacial score (nSPS) is 13.5. The van der Waals surface area contributed by atoms with Crippen LogP contribution in [0.1, 0.15) is 44.5 Å². The predicted octanol–water partition coefficient (Wildman–Crippen LogP) is 11.0. The van der Waals surface area contributed by atoms with Gasteiger partial charge in [0, 0.05) is 0 Å². The van der Waals surface area contributed by atoms with E-state index in [1.165, 1.54) is 10.6 Å². The maximum atomic E-state index is 14.2. The second-order valence-electron chi connectivity index (χ2n) is 14.6. The Morgan fingerprint density at radius 2 is 0.448 bits per heavy atom. The van der Waals surface area contributed by atoms with Gasteiger partial charge in [0.1, 0.15) is 11.8 Å². The zero-order valence-electron chi connectivity index (χ0n) is 32.5. The monoisotopic (exact) mass is 993 g/mol. The first kappa shape index (κ1) is 56.4. The van der Waals surface area contributed by atoms with Gasteiger partial charge in [0.15, 0.2) is 0 Å². The molecule has 5 aromatic carbocycles. The molecule has 0 aliphatic carbocycles. The van der Waals surface area contributed by atoms with Crippen molar-refractivity contribution in [2.75, 3.05) is 14.1 Å². The van der Waals surface area contributed by atoms with Crippen molar-refractivity contribution < 1.29 is 110 Å². The van der Waals surface area contributed by atoms with Gasteiger partial charge < -0.3 is 4.90 Å². The van der Waals surface area contributed by atoms with Crippen molar-refractivity contribution in [3.63, 3.8) is 0 Å². The molecule has 0 bridgehead atoms. The van der Waals surface area contributed by atoms with E-state index in [0.717, 1.165) is 0 Å². The third kappa shape index (κ3) is 13.2. The summed E-state index contributed by atoms with van der Waals surface area (Å²) in [5.74, 6) is 0. The number of alkyl halides is 24. The number of benzene rings is 5. The average Bonchev–Trinajstić information content (AvgIpc) is 3.15. The molecule has 1 N–H and O–H groups in total. The summed E-state index contributed by atoms with van der Waals surface area (Å²) in [6.07, 6.45) is -54.8. The van der Waals surface area contributed by atoms with Crippen molar-refractivity contribution >= 4 is 52.5 Å². The zero-order valence-corrected chi connectivity index (χ0v) is 32.5. The van der Waals surface area contributed by atoms with Crippen LogP contribution in [0, 0.1) is 0 Å². The molecule has 0 amide bonds. The summed E-state index contributed by atoms with van der Waals surface area (Å²) in [5, 5.41) is 0. The van der Waals surface area contributed by atoms with Gasteiger partial charge >= 0.3 is 68.3 Å². The Hall–Kier alpha value is -4.96. The third-order valence-electron chi connectivity index (χ3n) is 9.79. The quantitative estimate of drug-likeness (QED) is 0.132. The van der Waals surface area contributed by atoms with E-state index >= 15 is 0 Å². The molecule has 362 valence electrons. The first-order valence-electron chi connectivity index (χ1n) is 17.8. The Morgan fingerprint density at radius 3 is 0.567 bits per heavy atom. The molecule has 5 aromatic rings. The van der Waals surface area contributed by atoms with E-state index in [1.807, 2.05) is 6.07 Å². The first-order valence-corrected chi connectivity index (χ1v) is 17.8. The van der Waals surface area contributed by atoms with E-state index in [1.54, 1.807) is 0 Å². The third-order valence-corrected chi connectivity index (χ3v) is 9.79. The van der Waals surface area contributed by atoms with Crippen LogP contribution in [0.2, 0.25) is 0 Å². The number of halogens is 24. The van der Waals surface area contributed by atoms with Gasteiger partial charge in [-0.15, -0.1) is 0 Å². The minimum atomic E-state index is -6.13. The summed E-state index contributed by atoms with van der Waals surface area (Å²) >= 11 is 0. The number of hydrogen-bond donors (Lipinski definition) is 1. The van der Waals surface area contributed by atoms with Crippen LogP contribution in [0.4, 0.5) is 111 Å². The fourth-order valence-corrected chi connectivity index (χ4v) is 6.84. The van der Waals surface area contributed by atoms with Crippen LogP contribution in [-0.4, -0.2) is 39.1 Å². The summed E-state index contributed by atoms with van der Waals surface area (Å²) in [4.78, 5) is 1.37. The van der Waals surface area contributed by atoms with Crippen LogP contribution in [0.15, 0.2) is 103 Å². The molecule has 0 fully saturated rings. The number of rotatable bonds is 5. The van der Waals surface area contributed by atoms with Crippen LogP contribution >= 0.6 is 0 Å². The van der Waals surface area contributed by atoms with Gasteiger partial charge in [-0.05, 0) is 36.4 Å². The van der Waals surface area contributed by atoms with Crippen molar-refractivity contribution in [1.29, 1.82) is 0 Å². The molecular weight excluding hydrogens is 968 g/mol. The van der Waals surface area contributed by atoms with Gasteiger partial charge in [0.2, 0.25) is 0 Å². The van der Waals surface area contributed by atoms with Crippen molar-refractivity contribution in [3.8, 4) is 0 Å². The molecule has 0 saturated carbocycles. The molecule has 1 nitrogen and oxygen atoms in total. The fraction of sp³-hybridized carbons (Fsp3) is 0.250. The minimum absolute atomic E-state index is 0. The van der Waals surface area contributed by atoms with Crippen LogP contribution in [0.3, 0.4) is 0 Å². The number of nitrogens with one attached hydrogen (secondary N) is 1. The van der Waals surface area contributed by atoms with Crippen molar-refractivity contribution in [3.05, 3.63) is 148 Å². The van der Waals surface area contributed by atoms with Crippen LogP contribution < -0.4 is 26.8 Å². The molecule has 0 saturated heterocycles. The molecule has 0 aliphatic rings. The van der Waals surface area contributed by atoms with Gasteiger partial charge in [-0.1, -0.05) is 66.7 Å². The Balaban J connectivity index is 0.00000106. The standard InChI is InChI=1S/C32H12BF24.C8H11N.Li.H/c34-25(35,36)13-1-14(26(37,38)39)6-21(5-13)33(22-7-15(27(40,41)42)2-16(8-22)28(43,44)45,23-9-17(29(46,47)48)3-18(10-23)30(49,50)51)24-11-19(31(52,53)54)4-20(12-24)32(55,56)57;1-9(2)8-6-4-3-5-7-8;;/h1-12H;3-7H,1-2H3;;/q-1;;;/p+1. The Kier molecular flexibility index (Phi) is 15.9. The van der Waals surface area contributed by atoms with Crippen LogP contribution in [0.5, 0.6) is 0 Å². The van der Waals surface area contributed by atoms with E-state index < -0.39 is 195 Å². The zero-order chi connectivity index (χ0) is 50.6. The maximum absolute atomic E-state index is 14.2. The summed E-state index contributed by atoms with van der Waals surface area (Å²) in [7, 11) is 4.24. The molecular formula is C40H25BF24LiN. The summed E-state index contributed by atoms with van der Waals surface area (Å²) in [6, 6.07) is 1.58. The molecule has 0 radical (unpaired) electrons. The average molecular weight is 993 g/mol. The van der Waals surface area contributed by atoms with Gasteiger partial charge in [-0.2, -0.15) is 127 Å². The number of para-hydroxylation sites is 1. The molecule has 5 rings (SSSR count). The van der Waals surface area contributed by atoms with E-state index in [4.69, 9.17) is 0 Å². The second kappa shape index (κ2) is 18.9. The second-order valence-corrected chi connectivity index (χ2v) is 14.6. The van der Waals surface area contributed by atoms with Crippen molar-refractivity contribution in [2.45, 2.75) is 49.4 Å². The van der Waals surface area contributed by atoms with E-state index in [0.29, 0.717) is 0 Å². The Bertz CT molecular complexity index is 2070. The van der Waals surface area contributed by atoms with Crippen molar-refractivity contribution in [2.24, 2.45) is 0 Å². The van der Waals surface area contributed by atoms with Gasteiger partial charge in [-0.25, -0.2) is 0 Å². The Labute approximate surface area is 373 Å². The number of hydrogen-bond acceptors (Lipinski definition) is 0. The van der Waals surface area contributed by atoms with Crippen molar-refractivity contribution in [1.82, 2.24) is 0 Å². The molecule has 0 unspecified atom stereocenters. The molecule has 0 atom stereocenters. The molecule has 0 spiro atoms. The van der Waals surface area contributed by atoms with E-state index in [2.05, 4.69) is 38.4 Å². The number of quaternary nitrogens is 1. The molecule has 67 heavy (non-hydrogen) atoms. The van der Waals surface area contributed by atoms with E-state index in [9.17, 15) is 105 Å². The predicted molar refractivity (Wildman–Crippen MR) is 196 cm³/mol. The van der Waals surface area contributed by atoms with E-state index in [-0.39, 0.29) is 18.9 Å². The first-order chi connectivity index (χ1) is 29.6. The molecule has 0 aliphatic heterocycles. The summed E-state index contributed by atoms with van der Waals surface area (Å²) < 4.78 is 341. The SMILES string of the molecule is C[NH+](C)c1ccccc1.FC(F)(F)c1cc([B-](c2cc(C(F)(F)F)cc(C(F)(F)F)c2)(c2cc(C(F)(F)F)cc(C(F)(F)F)c2)c2cc(C(F)(F)F)cc(C(F)(F)F)c2)cc(C(F)(F)F)c1.[LiH].